The second kappa shape index (κ2) is 10.6. The molecule has 31 heavy (non-hydrogen) atoms. The summed E-state index contributed by atoms with van der Waals surface area (Å²) < 4.78 is 37.2. The number of hydrogen-bond acceptors (Lipinski definition) is 4. The van der Waals surface area contributed by atoms with E-state index in [1.165, 1.54) is 17.4 Å². The van der Waals surface area contributed by atoms with Crippen molar-refractivity contribution in [2.75, 3.05) is 6.54 Å². The van der Waals surface area contributed by atoms with E-state index in [9.17, 15) is 22.8 Å². The van der Waals surface area contributed by atoms with E-state index in [0.29, 0.717) is 22.7 Å². The molecule has 164 valence electrons. The number of aryl methyl sites for hydroxylation is 1. The second-order valence-electron chi connectivity index (χ2n) is 6.38. The van der Waals surface area contributed by atoms with Gasteiger partial charge in [-0.1, -0.05) is 24.8 Å². The Kier molecular flexibility index (Phi) is 8.14. The number of rotatable bonds is 9. The molecule has 0 spiro atoms. The normalized spacial score (nSPS) is 12.8. The number of hydrogen-bond donors (Lipinski definition) is 3. The maximum absolute atomic E-state index is 12.4. The topological polar surface area (TPSA) is 86.9 Å². The van der Waals surface area contributed by atoms with Gasteiger partial charge in [0.05, 0.1) is 11.3 Å². The minimum atomic E-state index is -4.55. The first-order chi connectivity index (χ1) is 14.7. The SMILES string of the molecule is C=C/C=C\c1c(-c2csc(/C(C)=C/C(=C\NC=O)C(=O)NCC(F)(F)F)n2)c[nH]c1C. The van der Waals surface area contributed by atoms with Gasteiger partial charge in [-0.2, -0.15) is 13.2 Å². The highest BCUT2D eigenvalue weighted by Crippen LogP contribution is 2.31. The van der Waals surface area contributed by atoms with Crippen LogP contribution in [0.5, 0.6) is 0 Å². The fraction of sp³-hybridized carbons (Fsp3) is 0.190. The first kappa shape index (κ1) is 23.9. The van der Waals surface area contributed by atoms with Gasteiger partial charge in [0.2, 0.25) is 6.41 Å². The Labute approximate surface area is 181 Å². The molecule has 10 heteroatoms. The Morgan fingerprint density at radius 3 is 2.77 bits per heavy atom. The van der Waals surface area contributed by atoms with Gasteiger partial charge < -0.3 is 15.6 Å². The predicted molar refractivity (Wildman–Crippen MR) is 116 cm³/mol. The lowest BCUT2D eigenvalue weighted by atomic mass is 10.1. The van der Waals surface area contributed by atoms with Crippen LogP contribution in [0.4, 0.5) is 13.2 Å². The number of aromatic amines is 1. The molecular formula is C21H21F3N4O2S. The predicted octanol–water partition coefficient (Wildman–Crippen LogP) is 4.36. The molecule has 0 saturated heterocycles. The van der Waals surface area contributed by atoms with Crippen molar-refractivity contribution in [3.8, 4) is 11.3 Å². The average molecular weight is 450 g/mol. The van der Waals surface area contributed by atoms with E-state index >= 15 is 0 Å². The summed E-state index contributed by atoms with van der Waals surface area (Å²) >= 11 is 1.32. The van der Waals surface area contributed by atoms with Crippen molar-refractivity contribution < 1.29 is 22.8 Å². The Morgan fingerprint density at radius 1 is 1.39 bits per heavy atom. The molecule has 0 aliphatic carbocycles. The molecule has 0 atom stereocenters. The molecule has 2 rings (SSSR count). The smallest absolute Gasteiger partial charge is 0.364 e. The number of halogens is 3. The van der Waals surface area contributed by atoms with Crippen molar-refractivity contribution in [2.45, 2.75) is 20.0 Å². The fourth-order valence-corrected chi connectivity index (χ4v) is 3.38. The first-order valence-corrected chi connectivity index (χ1v) is 9.90. The molecule has 2 amide bonds. The van der Waals surface area contributed by atoms with Gasteiger partial charge in [-0.25, -0.2) is 4.98 Å². The number of carbonyl (C=O) groups is 2. The third-order valence-electron chi connectivity index (χ3n) is 4.03. The van der Waals surface area contributed by atoms with Gasteiger partial charge in [-0.15, -0.1) is 11.3 Å². The van der Waals surface area contributed by atoms with Gasteiger partial charge in [0.15, 0.2) is 0 Å². The molecule has 0 bridgehead atoms. The van der Waals surface area contributed by atoms with Crippen LogP contribution in [0.15, 0.2) is 48.2 Å². The van der Waals surface area contributed by atoms with Crippen molar-refractivity contribution in [2.24, 2.45) is 0 Å². The van der Waals surface area contributed by atoms with Gasteiger partial charge >= 0.3 is 6.18 Å². The molecule has 0 aliphatic heterocycles. The molecule has 2 aromatic rings. The van der Waals surface area contributed by atoms with Crippen molar-refractivity contribution in [1.29, 1.82) is 0 Å². The van der Waals surface area contributed by atoms with E-state index < -0.39 is 18.6 Å². The molecule has 2 heterocycles. The van der Waals surface area contributed by atoms with E-state index in [1.54, 1.807) is 18.3 Å². The molecule has 0 aliphatic rings. The Balaban J connectivity index is 2.31. The van der Waals surface area contributed by atoms with Crippen LogP contribution in [0.2, 0.25) is 0 Å². The molecule has 2 aromatic heterocycles. The van der Waals surface area contributed by atoms with Crippen LogP contribution in [-0.4, -0.2) is 35.0 Å². The van der Waals surface area contributed by atoms with Crippen molar-refractivity contribution >= 4 is 35.3 Å². The van der Waals surface area contributed by atoms with E-state index in [-0.39, 0.29) is 5.57 Å². The quantitative estimate of drug-likeness (QED) is 0.301. The Bertz CT molecular complexity index is 1050. The maximum Gasteiger partial charge on any atom is 0.405 e. The van der Waals surface area contributed by atoms with Crippen LogP contribution in [0, 0.1) is 6.92 Å². The maximum atomic E-state index is 12.4. The summed E-state index contributed by atoms with van der Waals surface area (Å²) in [6, 6.07) is 0. The third-order valence-corrected chi connectivity index (χ3v) is 5.01. The summed E-state index contributed by atoms with van der Waals surface area (Å²) in [4.78, 5) is 30.4. The third kappa shape index (κ3) is 6.82. The van der Waals surface area contributed by atoms with E-state index in [4.69, 9.17) is 0 Å². The number of nitrogens with zero attached hydrogens (tertiary/aromatic N) is 1. The molecule has 3 N–H and O–H groups in total. The zero-order valence-electron chi connectivity index (χ0n) is 16.8. The molecule has 0 aromatic carbocycles. The van der Waals surface area contributed by atoms with Crippen LogP contribution in [0.1, 0.15) is 23.2 Å². The molecule has 0 unspecified atom stereocenters. The van der Waals surface area contributed by atoms with Gasteiger partial charge in [-0.3, -0.25) is 9.59 Å². The molecular weight excluding hydrogens is 429 g/mol. The number of aromatic nitrogens is 2. The zero-order chi connectivity index (χ0) is 23.0. The van der Waals surface area contributed by atoms with Crippen LogP contribution in [-0.2, 0) is 9.59 Å². The highest BCUT2D eigenvalue weighted by molar-refractivity contribution is 7.11. The number of allylic oxidation sites excluding steroid dienone is 3. The second-order valence-corrected chi connectivity index (χ2v) is 7.24. The average Bonchev–Trinajstić information content (AvgIpc) is 3.33. The number of nitrogens with one attached hydrogen (secondary N) is 3. The number of thiazole rings is 1. The summed E-state index contributed by atoms with van der Waals surface area (Å²) in [5.41, 5.74) is 3.92. The van der Waals surface area contributed by atoms with Crippen molar-refractivity contribution in [1.82, 2.24) is 20.6 Å². The number of amides is 2. The summed E-state index contributed by atoms with van der Waals surface area (Å²) in [6.45, 7) is 5.79. The van der Waals surface area contributed by atoms with Crippen LogP contribution in [0.25, 0.3) is 22.9 Å². The highest BCUT2D eigenvalue weighted by Gasteiger charge is 2.28. The van der Waals surface area contributed by atoms with Crippen LogP contribution in [0.3, 0.4) is 0 Å². The number of carbonyl (C=O) groups excluding carboxylic acids is 2. The van der Waals surface area contributed by atoms with Crippen LogP contribution < -0.4 is 10.6 Å². The summed E-state index contributed by atoms with van der Waals surface area (Å²) in [6.07, 6.45) is 5.39. The largest absolute Gasteiger partial charge is 0.405 e. The number of alkyl halides is 3. The molecule has 0 saturated carbocycles. The van der Waals surface area contributed by atoms with Gasteiger partial charge in [0, 0.05) is 34.6 Å². The zero-order valence-corrected chi connectivity index (χ0v) is 17.7. The molecule has 0 radical (unpaired) electrons. The van der Waals surface area contributed by atoms with E-state index in [0.717, 1.165) is 23.0 Å². The fourth-order valence-electron chi connectivity index (χ4n) is 2.58. The molecule has 6 nitrogen and oxygen atoms in total. The van der Waals surface area contributed by atoms with Gasteiger partial charge in [0.1, 0.15) is 11.6 Å². The van der Waals surface area contributed by atoms with Crippen molar-refractivity contribution in [3.05, 3.63) is 64.4 Å². The minimum Gasteiger partial charge on any atom is -0.364 e. The standard InChI is InChI=1S/C21H21F3N4O2S/c1-4-5-6-16-14(3)26-9-17(16)18-10-31-20(28-18)13(2)7-15(8-25-12-29)19(30)27-11-21(22,23)24/h4-10,12,26H,1,11H2,2-3H3,(H,25,29)(H,27,30)/b6-5-,13-7+,15-8+. The molecule has 0 fully saturated rings. The Morgan fingerprint density at radius 2 is 2.13 bits per heavy atom. The van der Waals surface area contributed by atoms with Gasteiger partial charge in [0.25, 0.3) is 5.91 Å². The minimum absolute atomic E-state index is 0.141. The van der Waals surface area contributed by atoms with Gasteiger partial charge in [-0.05, 0) is 25.5 Å². The summed E-state index contributed by atoms with van der Waals surface area (Å²) in [5, 5.41) is 6.38. The first-order valence-electron chi connectivity index (χ1n) is 9.02. The van der Waals surface area contributed by atoms with E-state index in [2.05, 4.69) is 21.9 Å². The van der Waals surface area contributed by atoms with Crippen LogP contribution >= 0.6 is 11.3 Å². The highest BCUT2D eigenvalue weighted by atomic mass is 32.1. The van der Waals surface area contributed by atoms with E-state index in [1.807, 2.05) is 30.7 Å². The Hall–Kier alpha value is -3.40. The summed E-state index contributed by atoms with van der Waals surface area (Å²) in [5.74, 6) is -0.971. The lowest BCUT2D eigenvalue weighted by Gasteiger charge is -2.09. The van der Waals surface area contributed by atoms with Crippen molar-refractivity contribution in [3.63, 3.8) is 0 Å². The number of H-pyrrole nitrogens is 1. The monoisotopic (exact) mass is 450 g/mol. The lowest BCUT2D eigenvalue weighted by molar-refractivity contribution is -0.136. The lowest BCUT2D eigenvalue weighted by Crippen LogP contribution is -2.34. The summed E-state index contributed by atoms with van der Waals surface area (Å²) in [7, 11) is 0.